The molecule has 0 saturated carbocycles. The molecule has 2 aromatic rings. The second-order valence-electron chi connectivity index (χ2n) is 7.06. The van der Waals surface area contributed by atoms with Gasteiger partial charge in [0.1, 0.15) is 11.6 Å². The van der Waals surface area contributed by atoms with Gasteiger partial charge in [0.15, 0.2) is 0 Å². The van der Waals surface area contributed by atoms with Gasteiger partial charge in [-0.25, -0.2) is 4.39 Å². The van der Waals surface area contributed by atoms with Gasteiger partial charge >= 0.3 is 0 Å². The first-order valence-corrected chi connectivity index (χ1v) is 10.6. The van der Waals surface area contributed by atoms with Gasteiger partial charge in [0.2, 0.25) is 5.91 Å². The highest BCUT2D eigenvalue weighted by Crippen LogP contribution is 2.40. The number of amides is 1. The average Bonchev–Trinajstić information content (AvgIpc) is 2.85. The molecule has 0 spiro atoms. The van der Waals surface area contributed by atoms with E-state index < -0.39 is 0 Å². The first-order chi connectivity index (χ1) is 13.0. The minimum Gasteiger partial charge on any atom is -0.310 e. The fraction of sp³-hybridized carbons (Fsp3) is 0.500. The monoisotopic (exact) mass is 391 g/mol. The molecule has 0 aliphatic carbocycles. The van der Waals surface area contributed by atoms with E-state index in [-0.39, 0.29) is 34.3 Å². The number of aromatic amines is 1. The zero-order chi connectivity index (χ0) is 19.4. The van der Waals surface area contributed by atoms with Gasteiger partial charge in [-0.2, -0.15) is 0 Å². The predicted octanol–water partition coefficient (Wildman–Crippen LogP) is 4.62. The lowest BCUT2D eigenvalue weighted by atomic mass is 10.1. The molecule has 0 radical (unpaired) electrons. The number of halogens is 1. The molecule has 5 nitrogen and oxygen atoms in total. The third kappa shape index (κ3) is 4.46. The van der Waals surface area contributed by atoms with Crippen LogP contribution in [0.4, 0.5) is 10.2 Å². The highest BCUT2D eigenvalue weighted by molar-refractivity contribution is 8.00. The van der Waals surface area contributed by atoms with Crippen molar-refractivity contribution < 1.29 is 9.18 Å². The number of nitrogens with zero attached hydrogens (tertiary/aromatic N) is 1. The van der Waals surface area contributed by atoms with E-state index in [2.05, 4.69) is 24.3 Å². The van der Waals surface area contributed by atoms with Gasteiger partial charge in [0.05, 0.1) is 16.6 Å². The van der Waals surface area contributed by atoms with E-state index in [1.807, 2.05) is 0 Å². The number of hydrogen-bond acceptors (Lipinski definition) is 3. The van der Waals surface area contributed by atoms with Gasteiger partial charge in [0.25, 0.3) is 5.56 Å². The van der Waals surface area contributed by atoms with Crippen LogP contribution in [0, 0.1) is 5.82 Å². The molecule has 2 atom stereocenters. The molecule has 1 aliphatic heterocycles. The fourth-order valence-corrected chi connectivity index (χ4v) is 4.60. The molecule has 3 rings (SSSR count). The lowest BCUT2D eigenvalue weighted by molar-refractivity contribution is -0.113. The van der Waals surface area contributed by atoms with Gasteiger partial charge in [-0.1, -0.05) is 44.7 Å². The van der Waals surface area contributed by atoms with Crippen molar-refractivity contribution in [3.8, 4) is 0 Å². The lowest BCUT2D eigenvalue weighted by Gasteiger charge is -2.18. The van der Waals surface area contributed by atoms with Crippen LogP contribution in [-0.2, 0) is 4.79 Å². The minimum absolute atomic E-state index is 0.0792. The van der Waals surface area contributed by atoms with Crippen LogP contribution in [0.25, 0.3) is 0 Å². The number of aromatic nitrogens is 2. The summed E-state index contributed by atoms with van der Waals surface area (Å²) in [5.74, 6) is 0.351. The van der Waals surface area contributed by atoms with Crippen LogP contribution in [0.15, 0.2) is 29.1 Å². The Kier molecular flexibility index (Phi) is 6.42. The number of benzene rings is 1. The van der Waals surface area contributed by atoms with E-state index >= 15 is 0 Å². The van der Waals surface area contributed by atoms with E-state index in [1.54, 1.807) is 16.8 Å². The summed E-state index contributed by atoms with van der Waals surface area (Å²) >= 11 is 1.39. The average molecular weight is 392 g/mol. The highest BCUT2D eigenvalue weighted by Gasteiger charge is 2.31. The molecule has 2 N–H and O–H groups in total. The third-order valence-corrected chi connectivity index (χ3v) is 6.22. The molecule has 0 fully saturated rings. The summed E-state index contributed by atoms with van der Waals surface area (Å²) in [6.07, 6.45) is 5.55. The van der Waals surface area contributed by atoms with Crippen molar-refractivity contribution in [1.29, 1.82) is 0 Å². The first kappa shape index (κ1) is 19.7. The van der Waals surface area contributed by atoms with Crippen LogP contribution in [0.2, 0.25) is 0 Å². The van der Waals surface area contributed by atoms with Gasteiger partial charge in [-0.3, -0.25) is 19.4 Å². The van der Waals surface area contributed by atoms with Gasteiger partial charge in [-0.05, 0) is 31.0 Å². The van der Waals surface area contributed by atoms with Crippen LogP contribution >= 0.6 is 11.8 Å². The maximum Gasteiger partial charge on any atom is 0.270 e. The number of anilines is 1. The molecule has 1 amide bonds. The predicted molar refractivity (Wildman–Crippen MR) is 108 cm³/mol. The summed E-state index contributed by atoms with van der Waals surface area (Å²) in [4.78, 5) is 25.0. The summed E-state index contributed by atoms with van der Waals surface area (Å²) in [7, 11) is 0. The van der Waals surface area contributed by atoms with Crippen LogP contribution in [0.5, 0.6) is 0 Å². The summed E-state index contributed by atoms with van der Waals surface area (Å²) in [6, 6.07) is 6.21. The summed E-state index contributed by atoms with van der Waals surface area (Å²) in [6.45, 7) is 4.23. The normalized spacial score (nSPS) is 17.9. The smallest absolute Gasteiger partial charge is 0.270 e. The van der Waals surface area contributed by atoms with Crippen molar-refractivity contribution >= 4 is 23.5 Å². The van der Waals surface area contributed by atoms with Crippen LogP contribution in [0.3, 0.4) is 0 Å². The quantitative estimate of drug-likeness (QED) is 0.677. The van der Waals surface area contributed by atoms with Crippen molar-refractivity contribution in [2.75, 3.05) is 11.1 Å². The Balaban J connectivity index is 1.94. The Hall–Kier alpha value is -2.02. The molecule has 2 heterocycles. The maximum atomic E-state index is 13.3. The number of carbonyl (C=O) groups excluding carboxylic acids is 1. The first-order valence-electron chi connectivity index (χ1n) is 9.52. The van der Waals surface area contributed by atoms with E-state index in [0.717, 1.165) is 24.8 Å². The molecule has 146 valence electrons. The van der Waals surface area contributed by atoms with Crippen LogP contribution < -0.4 is 10.9 Å². The molecule has 1 aliphatic rings. The number of H-pyrrole nitrogens is 1. The molecule has 0 saturated heterocycles. The Bertz CT molecular complexity index is 844. The SMILES string of the molecule is CCCCCC[C@H](C)n1[nH]c(=O)c2c1NC(=O)CS[C@H]2c1ccc(F)cc1. The fourth-order valence-electron chi connectivity index (χ4n) is 3.47. The highest BCUT2D eigenvalue weighted by atomic mass is 32.2. The lowest BCUT2D eigenvalue weighted by Crippen LogP contribution is -2.18. The van der Waals surface area contributed by atoms with E-state index in [4.69, 9.17) is 0 Å². The van der Waals surface area contributed by atoms with Gasteiger partial charge < -0.3 is 5.32 Å². The Morgan fingerprint density at radius 1 is 1.22 bits per heavy atom. The number of carbonyl (C=O) groups is 1. The number of fused-ring (bicyclic) bond motifs is 1. The van der Waals surface area contributed by atoms with Crippen LogP contribution in [-0.4, -0.2) is 21.4 Å². The second-order valence-corrected chi connectivity index (χ2v) is 8.16. The Morgan fingerprint density at radius 2 is 1.96 bits per heavy atom. The standard InChI is InChI=1S/C20H26FN3O2S/c1-3-4-5-6-7-13(2)24-19-17(20(26)23-24)18(27-12-16(25)22-19)14-8-10-15(21)11-9-14/h8-11,13,18H,3-7,12H2,1-2H3,(H,22,25)(H,23,26)/t13-,18-/m0/s1. The number of unbranched alkanes of at least 4 members (excludes halogenated alkanes) is 3. The Morgan fingerprint density at radius 3 is 2.67 bits per heavy atom. The van der Waals surface area contributed by atoms with E-state index in [0.29, 0.717) is 11.4 Å². The van der Waals surface area contributed by atoms with Crippen molar-refractivity contribution in [3.63, 3.8) is 0 Å². The molecule has 1 aromatic carbocycles. The van der Waals surface area contributed by atoms with Crippen molar-refractivity contribution in [2.24, 2.45) is 0 Å². The van der Waals surface area contributed by atoms with Gasteiger partial charge in [0, 0.05) is 6.04 Å². The van der Waals surface area contributed by atoms with E-state index in [9.17, 15) is 14.0 Å². The van der Waals surface area contributed by atoms with Crippen molar-refractivity contribution in [3.05, 3.63) is 51.6 Å². The zero-order valence-corrected chi connectivity index (χ0v) is 16.6. The summed E-state index contributed by atoms with van der Waals surface area (Å²) < 4.78 is 15.1. The number of hydrogen-bond donors (Lipinski definition) is 2. The molecule has 1 aromatic heterocycles. The van der Waals surface area contributed by atoms with E-state index in [1.165, 1.54) is 36.7 Å². The topological polar surface area (TPSA) is 66.9 Å². The van der Waals surface area contributed by atoms with Crippen molar-refractivity contribution in [2.45, 2.75) is 57.2 Å². The minimum atomic E-state index is -0.320. The number of rotatable bonds is 7. The van der Waals surface area contributed by atoms with Gasteiger partial charge in [-0.15, -0.1) is 11.8 Å². The molecule has 7 heteroatoms. The molecule has 27 heavy (non-hydrogen) atoms. The zero-order valence-electron chi connectivity index (χ0n) is 15.8. The van der Waals surface area contributed by atoms with Crippen LogP contribution in [0.1, 0.15) is 68.4 Å². The molecular formula is C20H26FN3O2S. The molecule has 0 unspecified atom stereocenters. The maximum absolute atomic E-state index is 13.3. The largest absolute Gasteiger partial charge is 0.310 e. The third-order valence-electron chi connectivity index (χ3n) is 4.95. The summed E-state index contributed by atoms with van der Waals surface area (Å²) in [5.41, 5.74) is 1.16. The number of nitrogens with one attached hydrogen (secondary N) is 2. The summed E-state index contributed by atoms with van der Waals surface area (Å²) in [5, 5.41) is 5.51. The second kappa shape index (κ2) is 8.78. The van der Waals surface area contributed by atoms with Crippen molar-refractivity contribution in [1.82, 2.24) is 9.78 Å². The molecule has 0 bridgehead atoms. The Labute approximate surface area is 162 Å². The molecular weight excluding hydrogens is 365 g/mol. The number of thioether (sulfide) groups is 1.